The van der Waals surface area contributed by atoms with E-state index in [9.17, 15) is 0 Å². The van der Waals surface area contributed by atoms with Crippen molar-refractivity contribution < 1.29 is 0 Å². The zero-order valence-electron chi connectivity index (χ0n) is 9.03. The molecule has 0 saturated carbocycles. The van der Waals surface area contributed by atoms with Gasteiger partial charge in [-0.1, -0.05) is 17.7 Å². The van der Waals surface area contributed by atoms with Crippen LogP contribution in [0.2, 0.25) is 0 Å². The monoisotopic (exact) mass is 196 g/mol. The number of hydrogen-bond donors (Lipinski definition) is 0. The Kier molecular flexibility index (Phi) is 2.72. The maximum Gasteiger partial charge on any atom is 0.0643 e. The van der Waals surface area contributed by atoms with Crippen molar-refractivity contribution >= 4 is 11.6 Å². The summed E-state index contributed by atoms with van der Waals surface area (Å²) in [6, 6.07) is 4.37. The second-order valence-electron chi connectivity index (χ2n) is 4.25. The van der Waals surface area contributed by atoms with Crippen LogP contribution in [0.1, 0.15) is 36.1 Å². The van der Waals surface area contributed by atoms with E-state index in [1.165, 1.54) is 22.3 Å². The van der Waals surface area contributed by atoms with Crippen LogP contribution in [0.5, 0.6) is 0 Å². The first-order valence-corrected chi connectivity index (χ1v) is 4.97. The summed E-state index contributed by atoms with van der Waals surface area (Å²) in [5.74, 6) is 0. The Hall–Kier alpha value is -0.490. The number of alkyl halides is 1. The molecule has 0 nitrogen and oxygen atoms in total. The molecule has 72 valence electrons. The van der Waals surface area contributed by atoms with Gasteiger partial charge in [-0.3, -0.25) is 0 Å². The van der Waals surface area contributed by atoms with Crippen LogP contribution >= 0.6 is 11.6 Å². The topological polar surface area (TPSA) is 0 Å². The fraction of sp³-hybridized carbons (Fsp3) is 0.500. The SMILES string of the molecule is Cc1cc(C)c(C(C)(C)Cl)c(C)c1. The largest absolute Gasteiger partial charge is 0.115 e. The Labute approximate surface area is 85.9 Å². The Balaban J connectivity index is 3.38. The van der Waals surface area contributed by atoms with Crippen molar-refractivity contribution in [1.29, 1.82) is 0 Å². The Bertz CT molecular complexity index is 295. The summed E-state index contributed by atoms with van der Waals surface area (Å²) < 4.78 is 0. The maximum absolute atomic E-state index is 6.32. The van der Waals surface area contributed by atoms with Crippen molar-refractivity contribution in [1.82, 2.24) is 0 Å². The summed E-state index contributed by atoms with van der Waals surface area (Å²) in [5.41, 5.74) is 5.15. The van der Waals surface area contributed by atoms with Crippen LogP contribution in [0.4, 0.5) is 0 Å². The lowest BCUT2D eigenvalue weighted by molar-refractivity contribution is 0.750. The highest BCUT2D eigenvalue weighted by Gasteiger charge is 2.20. The lowest BCUT2D eigenvalue weighted by atomic mass is 9.91. The van der Waals surface area contributed by atoms with Gasteiger partial charge in [0.05, 0.1) is 4.87 Å². The predicted octanol–water partition coefficient (Wildman–Crippen LogP) is 4.09. The third-order valence-corrected chi connectivity index (χ3v) is 2.46. The highest BCUT2D eigenvalue weighted by Crippen LogP contribution is 2.33. The number of halogens is 1. The molecule has 0 aliphatic rings. The second kappa shape index (κ2) is 3.34. The third-order valence-electron chi connectivity index (χ3n) is 2.27. The molecule has 0 saturated heterocycles. The average molecular weight is 197 g/mol. The molecule has 1 heteroatoms. The first-order chi connectivity index (χ1) is 5.82. The summed E-state index contributed by atoms with van der Waals surface area (Å²) in [6.45, 7) is 10.4. The first kappa shape index (κ1) is 10.6. The van der Waals surface area contributed by atoms with Gasteiger partial charge in [-0.05, 0) is 51.3 Å². The number of hydrogen-bond acceptors (Lipinski definition) is 0. The molecule has 0 unspecified atom stereocenters. The van der Waals surface area contributed by atoms with E-state index < -0.39 is 0 Å². The van der Waals surface area contributed by atoms with Gasteiger partial charge in [0.15, 0.2) is 0 Å². The molecule has 1 aromatic rings. The Morgan fingerprint density at radius 2 is 1.38 bits per heavy atom. The van der Waals surface area contributed by atoms with Gasteiger partial charge in [-0.25, -0.2) is 0 Å². The molecule has 0 heterocycles. The minimum absolute atomic E-state index is 0.262. The molecule has 0 atom stereocenters. The standard InChI is InChI=1S/C12H17Cl/c1-8-6-9(2)11(10(3)7-8)12(4,5)13/h6-7H,1-5H3. The molecule has 0 fully saturated rings. The smallest absolute Gasteiger partial charge is 0.0643 e. The minimum atomic E-state index is -0.262. The summed E-state index contributed by atoms with van der Waals surface area (Å²) in [4.78, 5) is -0.262. The van der Waals surface area contributed by atoms with E-state index in [1.54, 1.807) is 0 Å². The second-order valence-corrected chi connectivity index (χ2v) is 5.19. The van der Waals surface area contributed by atoms with Gasteiger partial charge < -0.3 is 0 Å². The quantitative estimate of drug-likeness (QED) is 0.594. The van der Waals surface area contributed by atoms with Gasteiger partial charge in [0, 0.05) is 0 Å². The van der Waals surface area contributed by atoms with E-state index in [0.29, 0.717) is 0 Å². The van der Waals surface area contributed by atoms with Crippen molar-refractivity contribution in [2.75, 3.05) is 0 Å². The third kappa shape index (κ3) is 2.25. The van der Waals surface area contributed by atoms with E-state index in [0.717, 1.165) is 0 Å². The molecule has 0 aliphatic carbocycles. The molecule has 0 aromatic heterocycles. The Morgan fingerprint density at radius 1 is 1.00 bits per heavy atom. The molecule has 0 aliphatic heterocycles. The van der Waals surface area contributed by atoms with Gasteiger partial charge in [-0.15, -0.1) is 11.6 Å². The summed E-state index contributed by atoms with van der Waals surface area (Å²) in [7, 11) is 0. The normalized spacial score (nSPS) is 11.8. The maximum atomic E-state index is 6.32. The Morgan fingerprint density at radius 3 is 1.69 bits per heavy atom. The molecule has 0 amide bonds. The molecular weight excluding hydrogens is 180 g/mol. The van der Waals surface area contributed by atoms with Gasteiger partial charge in [-0.2, -0.15) is 0 Å². The first-order valence-electron chi connectivity index (χ1n) is 4.59. The van der Waals surface area contributed by atoms with Gasteiger partial charge in [0.25, 0.3) is 0 Å². The molecule has 0 spiro atoms. The van der Waals surface area contributed by atoms with E-state index in [-0.39, 0.29) is 4.87 Å². The fourth-order valence-corrected chi connectivity index (χ4v) is 2.42. The van der Waals surface area contributed by atoms with Crippen LogP contribution in [-0.4, -0.2) is 0 Å². The average Bonchev–Trinajstić information content (AvgIpc) is 1.78. The van der Waals surface area contributed by atoms with E-state index in [1.807, 2.05) is 13.8 Å². The molecule has 0 N–H and O–H groups in total. The van der Waals surface area contributed by atoms with E-state index in [4.69, 9.17) is 11.6 Å². The van der Waals surface area contributed by atoms with Crippen LogP contribution in [0.15, 0.2) is 12.1 Å². The zero-order chi connectivity index (χ0) is 10.2. The highest BCUT2D eigenvalue weighted by molar-refractivity contribution is 6.23. The molecule has 1 aromatic carbocycles. The minimum Gasteiger partial charge on any atom is -0.115 e. The molecule has 0 bridgehead atoms. The lowest BCUT2D eigenvalue weighted by Gasteiger charge is -2.22. The highest BCUT2D eigenvalue weighted by atomic mass is 35.5. The molecular formula is C12H17Cl. The summed E-state index contributed by atoms with van der Waals surface area (Å²) in [5, 5.41) is 0. The van der Waals surface area contributed by atoms with Crippen molar-refractivity contribution in [3.8, 4) is 0 Å². The van der Waals surface area contributed by atoms with E-state index in [2.05, 4.69) is 32.9 Å². The van der Waals surface area contributed by atoms with Gasteiger partial charge in [0.2, 0.25) is 0 Å². The lowest BCUT2D eigenvalue weighted by Crippen LogP contribution is -2.12. The van der Waals surface area contributed by atoms with Crippen molar-refractivity contribution in [3.05, 3.63) is 34.4 Å². The van der Waals surface area contributed by atoms with Gasteiger partial charge in [0.1, 0.15) is 0 Å². The van der Waals surface area contributed by atoms with Gasteiger partial charge >= 0.3 is 0 Å². The predicted molar refractivity (Wildman–Crippen MR) is 59.5 cm³/mol. The summed E-state index contributed by atoms with van der Waals surface area (Å²) >= 11 is 6.32. The van der Waals surface area contributed by atoms with Crippen molar-refractivity contribution in [2.24, 2.45) is 0 Å². The van der Waals surface area contributed by atoms with Crippen LogP contribution in [-0.2, 0) is 4.87 Å². The molecule has 13 heavy (non-hydrogen) atoms. The van der Waals surface area contributed by atoms with Crippen LogP contribution < -0.4 is 0 Å². The van der Waals surface area contributed by atoms with Crippen molar-refractivity contribution in [2.45, 2.75) is 39.5 Å². The van der Waals surface area contributed by atoms with E-state index >= 15 is 0 Å². The summed E-state index contributed by atoms with van der Waals surface area (Å²) in [6.07, 6.45) is 0. The number of benzene rings is 1. The van der Waals surface area contributed by atoms with Crippen molar-refractivity contribution in [3.63, 3.8) is 0 Å². The van der Waals surface area contributed by atoms with Crippen LogP contribution in [0, 0.1) is 20.8 Å². The fourth-order valence-electron chi connectivity index (χ4n) is 2.12. The van der Waals surface area contributed by atoms with Crippen LogP contribution in [0.3, 0.4) is 0 Å². The van der Waals surface area contributed by atoms with Crippen LogP contribution in [0.25, 0.3) is 0 Å². The molecule has 1 rings (SSSR count). The number of aryl methyl sites for hydroxylation is 3. The molecule has 0 radical (unpaired) electrons. The zero-order valence-corrected chi connectivity index (χ0v) is 9.79. The number of rotatable bonds is 1.